The van der Waals surface area contributed by atoms with Gasteiger partial charge >= 0.3 is 0 Å². The zero-order valence-corrected chi connectivity index (χ0v) is 15.4. The Bertz CT molecular complexity index is 643. The zero-order chi connectivity index (χ0) is 17.3. The van der Waals surface area contributed by atoms with E-state index in [0.29, 0.717) is 19.6 Å². The molecule has 0 aliphatic carbocycles. The summed E-state index contributed by atoms with van der Waals surface area (Å²) < 4.78 is -1.07. The summed E-state index contributed by atoms with van der Waals surface area (Å²) in [6.07, 6.45) is 0. The van der Waals surface area contributed by atoms with E-state index in [0.717, 1.165) is 30.2 Å². The number of amides is 2. The molecule has 2 aliphatic heterocycles. The van der Waals surface area contributed by atoms with E-state index in [1.807, 2.05) is 36.1 Å². The molecule has 1 fully saturated rings. The van der Waals surface area contributed by atoms with E-state index in [4.69, 9.17) is 0 Å². The Morgan fingerprint density at radius 3 is 2.42 bits per heavy atom. The van der Waals surface area contributed by atoms with Crippen molar-refractivity contribution in [1.29, 1.82) is 0 Å². The third kappa shape index (κ3) is 2.82. The Hall–Kier alpha value is -1.53. The van der Waals surface area contributed by atoms with Gasteiger partial charge in [-0.15, -0.1) is 0 Å². The van der Waals surface area contributed by atoms with Gasteiger partial charge in [0, 0.05) is 37.6 Å². The number of likely N-dealkylation sites (N-methyl/N-ethyl adjacent to an activating group) is 1. The Balaban J connectivity index is 1.87. The van der Waals surface area contributed by atoms with Crippen molar-refractivity contribution in [2.45, 2.75) is 30.4 Å². The van der Waals surface area contributed by atoms with Crippen molar-refractivity contribution in [2.75, 3.05) is 44.2 Å². The highest BCUT2D eigenvalue weighted by Crippen LogP contribution is 2.46. The summed E-state index contributed by atoms with van der Waals surface area (Å²) in [7, 11) is 0. The largest absolute Gasteiger partial charge is 0.338 e. The van der Waals surface area contributed by atoms with E-state index in [2.05, 4.69) is 11.8 Å². The molecule has 6 heteroatoms. The molecule has 1 unspecified atom stereocenters. The van der Waals surface area contributed by atoms with E-state index in [9.17, 15) is 9.59 Å². The van der Waals surface area contributed by atoms with Gasteiger partial charge in [0.05, 0.1) is 5.69 Å². The summed E-state index contributed by atoms with van der Waals surface area (Å²) in [5.74, 6) is -0.155. The van der Waals surface area contributed by atoms with E-state index in [-0.39, 0.29) is 11.8 Å². The van der Waals surface area contributed by atoms with Crippen LogP contribution in [0.5, 0.6) is 0 Å². The average molecular weight is 347 g/mol. The normalized spacial score (nSPS) is 24.9. The number of anilines is 1. The van der Waals surface area contributed by atoms with Crippen LogP contribution in [-0.4, -0.2) is 65.6 Å². The fourth-order valence-corrected chi connectivity index (χ4v) is 4.70. The number of thioether (sulfide) groups is 1. The Morgan fingerprint density at radius 2 is 1.79 bits per heavy atom. The first-order valence-corrected chi connectivity index (χ1v) is 9.44. The lowest BCUT2D eigenvalue weighted by atomic mass is 10.1. The highest BCUT2D eigenvalue weighted by atomic mass is 32.2. The van der Waals surface area contributed by atoms with Gasteiger partial charge in [0.2, 0.25) is 5.91 Å². The van der Waals surface area contributed by atoms with Crippen LogP contribution in [0.15, 0.2) is 29.2 Å². The van der Waals surface area contributed by atoms with Crippen molar-refractivity contribution >= 4 is 29.3 Å². The molecular formula is C18H25N3O2S. The summed E-state index contributed by atoms with van der Waals surface area (Å²) in [5, 5.41) is 0. The number of nitrogens with zero attached hydrogens (tertiary/aromatic N) is 3. The first-order chi connectivity index (χ1) is 11.5. The highest BCUT2D eigenvalue weighted by Gasteiger charge is 2.50. The number of para-hydroxylation sites is 1. The maximum Gasteiger partial charge on any atom is 0.252 e. The maximum absolute atomic E-state index is 13.2. The molecule has 0 bridgehead atoms. The van der Waals surface area contributed by atoms with Gasteiger partial charge in [0.1, 0.15) is 0 Å². The van der Waals surface area contributed by atoms with E-state index in [1.54, 1.807) is 11.8 Å². The van der Waals surface area contributed by atoms with Crippen LogP contribution in [0.2, 0.25) is 0 Å². The number of fused-ring (bicyclic) bond motifs is 1. The lowest BCUT2D eigenvalue weighted by Crippen LogP contribution is -2.60. The summed E-state index contributed by atoms with van der Waals surface area (Å²) in [4.78, 5) is 33.2. The van der Waals surface area contributed by atoms with Crippen LogP contribution < -0.4 is 4.90 Å². The molecule has 0 aromatic heterocycles. The Labute approximate surface area is 148 Å². The second kappa shape index (κ2) is 6.76. The molecule has 0 radical (unpaired) electrons. The summed E-state index contributed by atoms with van der Waals surface area (Å²) in [5.41, 5.74) is 0.913. The van der Waals surface area contributed by atoms with Gasteiger partial charge in [-0.25, -0.2) is 0 Å². The van der Waals surface area contributed by atoms with Gasteiger partial charge in [-0.05, 0) is 32.5 Å². The number of benzene rings is 1. The molecule has 0 spiro atoms. The minimum atomic E-state index is -1.07. The fourth-order valence-electron chi connectivity index (χ4n) is 3.41. The second-order valence-electron chi connectivity index (χ2n) is 6.38. The number of carbonyl (C=O) groups is 2. The van der Waals surface area contributed by atoms with Gasteiger partial charge in [-0.2, -0.15) is 0 Å². The van der Waals surface area contributed by atoms with Crippen molar-refractivity contribution in [2.24, 2.45) is 0 Å². The van der Waals surface area contributed by atoms with Crippen molar-refractivity contribution in [3.05, 3.63) is 24.3 Å². The molecular weight excluding hydrogens is 322 g/mol. The maximum atomic E-state index is 13.2. The average Bonchev–Trinajstić information content (AvgIpc) is 2.62. The van der Waals surface area contributed by atoms with E-state index < -0.39 is 4.75 Å². The van der Waals surface area contributed by atoms with E-state index in [1.165, 1.54) is 11.8 Å². The van der Waals surface area contributed by atoms with Crippen LogP contribution >= 0.6 is 11.8 Å². The van der Waals surface area contributed by atoms with Gasteiger partial charge < -0.3 is 14.7 Å². The third-order valence-corrected chi connectivity index (χ3v) is 6.28. The van der Waals surface area contributed by atoms with Crippen LogP contribution in [0.3, 0.4) is 0 Å². The SMILES string of the molecule is CCN1CCN(C(=O)C2(C)Sc3ccccc3N(CC)C2=O)CC1. The lowest BCUT2D eigenvalue weighted by molar-refractivity contribution is -0.139. The van der Waals surface area contributed by atoms with Crippen molar-refractivity contribution < 1.29 is 9.59 Å². The molecule has 3 rings (SSSR count). The molecule has 1 atom stereocenters. The number of hydrogen-bond acceptors (Lipinski definition) is 4. The summed E-state index contributed by atoms with van der Waals surface area (Å²) in [6, 6.07) is 7.84. The molecule has 2 heterocycles. The van der Waals surface area contributed by atoms with E-state index >= 15 is 0 Å². The van der Waals surface area contributed by atoms with Crippen LogP contribution in [0.4, 0.5) is 5.69 Å². The molecule has 130 valence electrons. The number of carbonyl (C=O) groups excluding carboxylic acids is 2. The van der Waals surface area contributed by atoms with Gasteiger partial charge in [-0.1, -0.05) is 30.8 Å². The highest BCUT2D eigenvalue weighted by molar-refractivity contribution is 8.02. The second-order valence-corrected chi connectivity index (χ2v) is 7.84. The third-order valence-electron chi connectivity index (χ3n) is 4.95. The first kappa shape index (κ1) is 17.3. The van der Waals surface area contributed by atoms with Crippen LogP contribution in [0.1, 0.15) is 20.8 Å². The van der Waals surface area contributed by atoms with Crippen molar-refractivity contribution in [1.82, 2.24) is 9.80 Å². The smallest absolute Gasteiger partial charge is 0.252 e. The number of rotatable bonds is 3. The summed E-state index contributed by atoms with van der Waals surface area (Å²) >= 11 is 1.40. The number of hydrogen-bond donors (Lipinski definition) is 0. The standard InChI is InChI=1S/C18H25N3O2S/c1-4-19-10-12-20(13-11-19)16(22)18(3)17(23)21(5-2)14-8-6-7-9-15(14)24-18/h6-9H,4-5,10-13H2,1-3H3. The molecule has 1 aromatic carbocycles. The van der Waals surface area contributed by atoms with Crippen molar-refractivity contribution in [3.8, 4) is 0 Å². The van der Waals surface area contributed by atoms with Crippen LogP contribution in [0, 0.1) is 0 Å². The Morgan fingerprint density at radius 1 is 1.12 bits per heavy atom. The molecule has 2 aliphatic rings. The molecule has 1 saturated heterocycles. The molecule has 0 N–H and O–H groups in total. The Kier molecular flexibility index (Phi) is 4.88. The first-order valence-electron chi connectivity index (χ1n) is 8.63. The number of piperazine rings is 1. The monoisotopic (exact) mass is 347 g/mol. The molecule has 1 aromatic rings. The zero-order valence-electron chi connectivity index (χ0n) is 14.6. The summed E-state index contributed by atoms with van der Waals surface area (Å²) in [6.45, 7) is 10.6. The fraction of sp³-hybridized carbons (Fsp3) is 0.556. The predicted molar refractivity (Wildman–Crippen MR) is 97.4 cm³/mol. The van der Waals surface area contributed by atoms with Crippen LogP contribution in [-0.2, 0) is 9.59 Å². The van der Waals surface area contributed by atoms with Gasteiger partial charge in [0.25, 0.3) is 5.91 Å². The molecule has 5 nitrogen and oxygen atoms in total. The van der Waals surface area contributed by atoms with Crippen LogP contribution in [0.25, 0.3) is 0 Å². The van der Waals surface area contributed by atoms with Gasteiger partial charge in [-0.3, -0.25) is 9.59 Å². The van der Waals surface area contributed by atoms with Crippen molar-refractivity contribution in [3.63, 3.8) is 0 Å². The quantitative estimate of drug-likeness (QED) is 0.785. The molecule has 2 amide bonds. The minimum Gasteiger partial charge on any atom is -0.338 e. The molecule has 24 heavy (non-hydrogen) atoms. The molecule has 0 saturated carbocycles. The lowest BCUT2D eigenvalue weighted by Gasteiger charge is -2.42. The topological polar surface area (TPSA) is 43.9 Å². The predicted octanol–water partition coefficient (Wildman–Crippen LogP) is 2.07. The minimum absolute atomic E-state index is 0.0544. The van der Waals surface area contributed by atoms with Gasteiger partial charge in [0.15, 0.2) is 4.75 Å².